The van der Waals surface area contributed by atoms with Crippen molar-refractivity contribution >= 4 is 20.1 Å². The predicted molar refractivity (Wildman–Crippen MR) is 139 cm³/mol. The largest absolute Gasteiger partial charge is 0.469 e. The molecule has 3 rings (SSSR count). The average molecular weight is 491 g/mol. The molecule has 1 aromatic carbocycles. The molecule has 2 aliphatic carbocycles. The van der Waals surface area contributed by atoms with Gasteiger partial charge in [0.1, 0.15) is 6.10 Å². The van der Waals surface area contributed by atoms with Crippen molar-refractivity contribution in [3.63, 3.8) is 0 Å². The van der Waals surface area contributed by atoms with Gasteiger partial charge < -0.3 is 13.9 Å². The van der Waals surface area contributed by atoms with Crippen LogP contribution in [-0.2, 0) is 36.5 Å². The summed E-state index contributed by atoms with van der Waals surface area (Å²) in [6.07, 6.45) is 5.97. The van der Waals surface area contributed by atoms with Crippen LogP contribution in [0.4, 0.5) is 0 Å². The minimum Gasteiger partial charge on any atom is -0.469 e. The van der Waals surface area contributed by atoms with Gasteiger partial charge in [0.2, 0.25) is 5.78 Å². The summed E-state index contributed by atoms with van der Waals surface area (Å²) in [4.78, 5) is 25.4. The second-order valence-corrected chi connectivity index (χ2v) is 15.1. The van der Waals surface area contributed by atoms with Crippen molar-refractivity contribution in [3.05, 3.63) is 59.2 Å². The molecule has 0 spiro atoms. The third kappa shape index (κ3) is 6.41. The van der Waals surface area contributed by atoms with Crippen molar-refractivity contribution in [1.82, 2.24) is 0 Å². The van der Waals surface area contributed by atoms with Gasteiger partial charge in [-0.1, -0.05) is 74.8 Å². The maximum absolute atomic E-state index is 13.9. The van der Waals surface area contributed by atoms with E-state index in [1.165, 1.54) is 7.11 Å². The van der Waals surface area contributed by atoms with Crippen LogP contribution in [0.5, 0.6) is 0 Å². The van der Waals surface area contributed by atoms with E-state index in [0.717, 1.165) is 11.1 Å². The molecule has 0 saturated heterocycles. The van der Waals surface area contributed by atoms with Gasteiger partial charge in [0, 0.05) is 5.57 Å². The molecule has 35 heavy (non-hydrogen) atoms. The number of hydrogen-bond acceptors (Lipinski definition) is 5. The smallest absolute Gasteiger partial charge is 0.309 e. The topological polar surface area (TPSA) is 61.8 Å². The fourth-order valence-electron chi connectivity index (χ4n) is 3.67. The Kier molecular flexibility index (Phi) is 8.23. The van der Waals surface area contributed by atoms with Crippen molar-refractivity contribution in [2.24, 2.45) is 0 Å². The average Bonchev–Trinajstić information content (AvgIpc) is 2.79. The number of methoxy groups -OCH3 is 1. The Morgan fingerprint density at radius 2 is 1.77 bits per heavy atom. The molecule has 0 aliphatic heterocycles. The van der Waals surface area contributed by atoms with E-state index in [0.29, 0.717) is 18.4 Å². The van der Waals surface area contributed by atoms with Crippen molar-refractivity contribution in [1.29, 1.82) is 0 Å². The first-order valence-corrected chi connectivity index (χ1v) is 14.8. The van der Waals surface area contributed by atoms with Gasteiger partial charge in [-0.25, -0.2) is 0 Å². The number of ketones is 1. The summed E-state index contributed by atoms with van der Waals surface area (Å²) >= 11 is 0. The lowest BCUT2D eigenvalue weighted by atomic mass is 9.81. The van der Waals surface area contributed by atoms with Crippen LogP contribution in [-0.4, -0.2) is 38.9 Å². The summed E-state index contributed by atoms with van der Waals surface area (Å²) in [6, 6.07) is 7.55. The van der Waals surface area contributed by atoms with Gasteiger partial charge in [0.05, 0.1) is 20.1 Å². The van der Waals surface area contributed by atoms with Crippen LogP contribution >= 0.6 is 0 Å². The summed E-state index contributed by atoms with van der Waals surface area (Å²) < 4.78 is 17.6. The Bertz CT molecular complexity index is 1150. The second kappa shape index (κ2) is 10.8. The molecule has 2 atom stereocenters. The second-order valence-electron chi connectivity index (χ2n) is 10.4. The Morgan fingerprint density at radius 1 is 1.11 bits per heavy atom. The maximum Gasteiger partial charge on any atom is 0.309 e. The number of carbonyl (C=O) groups excluding carboxylic acids is 2. The molecular formula is C29H34O5Si. The van der Waals surface area contributed by atoms with E-state index in [2.05, 4.69) is 57.5 Å². The number of esters is 1. The Morgan fingerprint density at radius 3 is 2.43 bits per heavy atom. The van der Waals surface area contributed by atoms with E-state index in [1.54, 1.807) is 12.2 Å². The number of rotatable bonds is 7. The van der Waals surface area contributed by atoms with E-state index in [1.807, 2.05) is 30.3 Å². The van der Waals surface area contributed by atoms with E-state index < -0.39 is 20.0 Å². The highest BCUT2D eigenvalue weighted by Crippen LogP contribution is 2.42. The zero-order chi connectivity index (χ0) is 25.7. The quantitative estimate of drug-likeness (QED) is 0.309. The van der Waals surface area contributed by atoms with E-state index in [4.69, 9.17) is 13.9 Å². The van der Waals surface area contributed by atoms with Crippen LogP contribution in [0.2, 0.25) is 18.1 Å². The zero-order valence-corrected chi connectivity index (χ0v) is 22.5. The van der Waals surface area contributed by atoms with Crippen LogP contribution in [0.25, 0.3) is 0 Å². The van der Waals surface area contributed by atoms with Crippen molar-refractivity contribution in [2.45, 2.75) is 76.5 Å². The van der Waals surface area contributed by atoms with Crippen molar-refractivity contribution in [2.75, 3.05) is 7.11 Å². The first-order chi connectivity index (χ1) is 16.5. The van der Waals surface area contributed by atoms with Crippen LogP contribution in [0, 0.1) is 23.7 Å². The van der Waals surface area contributed by atoms with Crippen molar-refractivity contribution in [3.8, 4) is 23.7 Å². The normalized spacial score (nSPS) is 22.6. The third-order valence-electron chi connectivity index (χ3n) is 6.76. The molecular weight excluding hydrogens is 456 g/mol. The van der Waals surface area contributed by atoms with Gasteiger partial charge in [-0.05, 0) is 54.3 Å². The first-order valence-electron chi connectivity index (χ1n) is 11.9. The van der Waals surface area contributed by atoms with E-state index in [9.17, 15) is 9.59 Å². The molecule has 1 aromatic rings. The minimum atomic E-state index is -2.29. The number of Topliss-reactive ketones (excluding diaryl/α,β-unsaturated/α-hetero) is 1. The molecule has 5 nitrogen and oxygen atoms in total. The number of carbonyl (C=O) groups is 2. The summed E-state index contributed by atoms with van der Waals surface area (Å²) in [5, 5.41) is -0.0636. The first kappa shape index (κ1) is 26.7. The molecule has 0 amide bonds. The predicted octanol–water partition coefficient (Wildman–Crippen LogP) is 4.91. The van der Waals surface area contributed by atoms with Gasteiger partial charge in [-0.3, -0.25) is 9.59 Å². The van der Waals surface area contributed by atoms with Gasteiger partial charge in [-0.15, -0.1) is 0 Å². The number of benzene rings is 1. The molecule has 184 valence electrons. The SMILES string of the molecule is COC(=O)Cc1ccc(COC2C#C/C=C\C#CC3(O[Si](C)(C)C(C)(C)C)CCC=C2C3=O)cc1. The molecule has 0 saturated carbocycles. The number of fused-ring (bicyclic) bond motifs is 2. The molecule has 6 heteroatoms. The van der Waals surface area contributed by atoms with Crippen LogP contribution < -0.4 is 0 Å². The zero-order valence-electron chi connectivity index (χ0n) is 21.5. The highest BCUT2D eigenvalue weighted by molar-refractivity contribution is 6.74. The van der Waals surface area contributed by atoms with E-state index >= 15 is 0 Å². The Labute approximate surface area is 210 Å². The standard InChI is InChI=1S/C29H34O5Si/c1-28(2,3)35(5,6)34-29-18-10-8-7-9-13-25(24(27(29)31)12-11-19-29)33-21-23-16-14-22(15-17-23)20-26(30)32-4/h7-8,12,14-17,25H,11,19-21H2,1-6H3/b8-7-. The molecule has 0 N–H and O–H groups in total. The highest BCUT2D eigenvalue weighted by Gasteiger charge is 2.50. The van der Waals surface area contributed by atoms with Crippen LogP contribution in [0.15, 0.2) is 48.1 Å². The summed E-state index contributed by atoms with van der Waals surface area (Å²) in [6.45, 7) is 11.0. The number of ether oxygens (including phenoxy) is 2. The van der Waals surface area contributed by atoms with Crippen LogP contribution in [0.1, 0.15) is 44.7 Å². The van der Waals surface area contributed by atoms with Gasteiger partial charge in [0.25, 0.3) is 0 Å². The monoisotopic (exact) mass is 490 g/mol. The maximum atomic E-state index is 13.9. The molecule has 0 fully saturated rings. The molecule has 0 heterocycles. The summed E-state index contributed by atoms with van der Waals surface area (Å²) in [7, 11) is -0.915. The van der Waals surface area contributed by atoms with Gasteiger partial charge in [-0.2, -0.15) is 0 Å². The molecule has 2 unspecified atom stereocenters. The lowest BCUT2D eigenvalue weighted by Crippen LogP contribution is -2.55. The van der Waals surface area contributed by atoms with Gasteiger partial charge >= 0.3 is 5.97 Å². The fourth-order valence-corrected chi connectivity index (χ4v) is 5.10. The lowest BCUT2D eigenvalue weighted by molar-refractivity contribution is -0.139. The fraction of sp³-hybridized carbons (Fsp3) is 0.448. The van der Waals surface area contributed by atoms with E-state index in [-0.39, 0.29) is 29.8 Å². The Balaban J connectivity index is 1.83. The van der Waals surface area contributed by atoms with Gasteiger partial charge in [0.15, 0.2) is 13.9 Å². The highest BCUT2D eigenvalue weighted by atomic mass is 28.4. The minimum absolute atomic E-state index is 0.0636. The van der Waals surface area contributed by atoms with Crippen LogP contribution in [0.3, 0.4) is 0 Å². The lowest BCUT2D eigenvalue weighted by Gasteiger charge is -2.44. The number of hydrogen-bond donors (Lipinski definition) is 0. The molecule has 2 bridgehead atoms. The number of allylic oxidation sites excluding steroid dienone is 3. The van der Waals surface area contributed by atoms with Crippen molar-refractivity contribution < 1.29 is 23.5 Å². The summed E-state index contributed by atoms with van der Waals surface area (Å²) in [5.41, 5.74) is 1.10. The Hall–Kier alpha value is -2.90. The molecule has 0 radical (unpaired) electrons. The molecule has 0 aromatic heterocycles. The summed E-state index contributed by atoms with van der Waals surface area (Å²) in [5.74, 6) is 11.8. The molecule has 2 aliphatic rings. The third-order valence-corrected chi connectivity index (χ3v) is 11.2.